The average molecular weight is 457 g/mol. The van der Waals surface area contributed by atoms with E-state index in [4.69, 9.17) is 23.2 Å². The van der Waals surface area contributed by atoms with Gasteiger partial charge in [0.2, 0.25) is 0 Å². The Morgan fingerprint density at radius 2 is 1.07 bits per heavy atom. The third-order valence-electron chi connectivity index (χ3n) is 3.62. The first kappa shape index (κ1) is 20.5. The smallest absolute Gasteiger partial charge is 0.261 e. The van der Waals surface area contributed by atoms with E-state index in [-0.39, 0.29) is 15.5 Å². The summed E-state index contributed by atoms with van der Waals surface area (Å²) in [6, 6.07) is 17.3. The molecule has 0 saturated carbocycles. The van der Waals surface area contributed by atoms with Gasteiger partial charge in [-0.2, -0.15) is 0 Å². The van der Waals surface area contributed by atoms with Crippen LogP contribution in [0.4, 0.5) is 11.4 Å². The van der Waals surface area contributed by atoms with Crippen molar-refractivity contribution in [3.05, 3.63) is 82.8 Å². The molecule has 3 aromatic carbocycles. The zero-order valence-electron chi connectivity index (χ0n) is 14.1. The van der Waals surface area contributed by atoms with E-state index in [2.05, 4.69) is 9.44 Å². The molecule has 0 aliphatic heterocycles. The first-order valence-electron chi connectivity index (χ1n) is 7.83. The summed E-state index contributed by atoms with van der Waals surface area (Å²) >= 11 is 11.6. The standard InChI is InChI=1S/C18H14Cl2N2O4S2/c19-13-4-8-17(9-5-13)27(23,24)21-15-6-10-18(11-7-15)28(25,26)22-16-3-1-2-14(20)12-16/h1-12,21-22H. The van der Waals surface area contributed by atoms with Crippen LogP contribution < -0.4 is 9.44 Å². The van der Waals surface area contributed by atoms with Gasteiger partial charge < -0.3 is 0 Å². The fourth-order valence-corrected chi connectivity index (χ4v) is 4.72. The molecule has 0 fully saturated rings. The minimum atomic E-state index is -3.85. The van der Waals surface area contributed by atoms with Crippen LogP contribution in [0.1, 0.15) is 0 Å². The average Bonchev–Trinajstić information content (AvgIpc) is 2.62. The molecule has 0 radical (unpaired) electrons. The molecule has 10 heteroatoms. The SMILES string of the molecule is O=S(=O)(Nc1ccc(S(=O)(=O)Nc2cccc(Cl)c2)cc1)c1ccc(Cl)cc1. The number of hydrogen-bond acceptors (Lipinski definition) is 4. The minimum absolute atomic E-state index is 0.0260. The van der Waals surface area contributed by atoms with Gasteiger partial charge in [-0.05, 0) is 66.7 Å². The van der Waals surface area contributed by atoms with Gasteiger partial charge >= 0.3 is 0 Å². The van der Waals surface area contributed by atoms with E-state index >= 15 is 0 Å². The number of benzene rings is 3. The molecule has 0 atom stereocenters. The van der Waals surface area contributed by atoms with Crippen LogP contribution in [-0.2, 0) is 20.0 Å². The van der Waals surface area contributed by atoms with Crippen molar-refractivity contribution >= 4 is 54.6 Å². The summed E-state index contributed by atoms with van der Waals surface area (Å²) in [4.78, 5) is 0.0122. The molecule has 3 aromatic rings. The van der Waals surface area contributed by atoms with E-state index in [1.807, 2.05) is 0 Å². The molecule has 0 amide bonds. The van der Waals surface area contributed by atoms with E-state index in [0.717, 1.165) is 0 Å². The molecule has 2 N–H and O–H groups in total. The highest BCUT2D eigenvalue weighted by atomic mass is 35.5. The molecule has 28 heavy (non-hydrogen) atoms. The molecule has 0 bridgehead atoms. The third-order valence-corrected chi connectivity index (χ3v) is 6.90. The molecular weight excluding hydrogens is 443 g/mol. The second-order valence-electron chi connectivity index (χ2n) is 5.70. The summed E-state index contributed by atoms with van der Waals surface area (Å²) in [6.07, 6.45) is 0. The van der Waals surface area contributed by atoms with Gasteiger partial charge in [-0.3, -0.25) is 9.44 Å². The number of anilines is 2. The Kier molecular flexibility index (Phi) is 5.85. The Hall–Kier alpha value is -2.26. The zero-order valence-corrected chi connectivity index (χ0v) is 17.3. The topological polar surface area (TPSA) is 92.3 Å². The van der Waals surface area contributed by atoms with Crippen molar-refractivity contribution in [2.45, 2.75) is 9.79 Å². The summed E-state index contributed by atoms with van der Waals surface area (Å²) < 4.78 is 54.5. The number of nitrogens with one attached hydrogen (secondary N) is 2. The third kappa shape index (κ3) is 4.96. The molecule has 0 aromatic heterocycles. The van der Waals surface area contributed by atoms with Crippen molar-refractivity contribution in [3.8, 4) is 0 Å². The normalized spacial score (nSPS) is 11.8. The summed E-state index contributed by atoms with van der Waals surface area (Å²) in [7, 11) is -7.67. The van der Waals surface area contributed by atoms with Gasteiger partial charge in [-0.25, -0.2) is 16.8 Å². The number of sulfonamides is 2. The maximum absolute atomic E-state index is 12.5. The first-order valence-corrected chi connectivity index (χ1v) is 11.5. The van der Waals surface area contributed by atoms with Crippen LogP contribution in [0.5, 0.6) is 0 Å². The van der Waals surface area contributed by atoms with Crippen LogP contribution in [-0.4, -0.2) is 16.8 Å². The summed E-state index contributed by atoms with van der Waals surface area (Å²) in [6.45, 7) is 0. The van der Waals surface area contributed by atoms with Gasteiger partial charge in [0.25, 0.3) is 20.0 Å². The lowest BCUT2D eigenvalue weighted by Gasteiger charge is -2.11. The van der Waals surface area contributed by atoms with Crippen LogP contribution in [0.2, 0.25) is 10.0 Å². The maximum atomic E-state index is 12.5. The Morgan fingerprint density at radius 3 is 1.61 bits per heavy atom. The fourth-order valence-electron chi connectivity index (χ4n) is 2.30. The summed E-state index contributed by atoms with van der Waals surface area (Å²) in [5.74, 6) is 0. The van der Waals surface area contributed by atoms with Crippen molar-refractivity contribution in [2.75, 3.05) is 9.44 Å². The second kappa shape index (κ2) is 8.00. The van der Waals surface area contributed by atoms with Gasteiger partial charge in [0.1, 0.15) is 0 Å². The van der Waals surface area contributed by atoms with Crippen molar-refractivity contribution in [1.82, 2.24) is 0 Å². The Bertz CT molecular complexity index is 1200. The number of hydrogen-bond donors (Lipinski definition) is 2. The molecule has 0 aliphatic carbocycles. The van der Waals surface area contributed by atoms with Crippen LogP contribution in [0.3, 0.4) is 0 Å². The molecule has 0 unspecified atom stereocenters. The molecule has 146 valence electrons. The van der Waals surface area contributed by atoms with E-state index in [9.17, 15) is 16.8 Å². The van der Waals surface area contributed by atoms with Crippen molar-refractivity contribution in [3.63, 3.8) is 0 Å². The molecule has 6 nitrogen and oxygen atoms in total. The lowest BCUT2D eigenvalue weighted by Crippen LogP contribution is -2.14. The molecule has 3 rings (SSSR count). The second-order valence-corrected chi connectivity index (χ2v) is 9.94. The highest BCUT2D eigenvalue weighted by molar-refractivity contribution is 7.93. The van der Waals surface area contributed by atoms with Crippen LogP contribution >= 0.6 is 23.2 Å². The van der Waals surface area contributed by atoms with Crippen molar-refractivity contribution in [2.24, 2.45) is 0 Å². The van der Waals surface area contributed by atoms with E-state index in [0.29, 0.717) is 15.7 Å². The number of rotatable bonds is 6. The summed E-state index contributed by atoms with van der Waals surface area (Å²) in [5.41, 5.74) is 0.539. The van der Waals surface area contributed by atoms with Crippen molar-refractivity contribution in [1.29, 1.82) is 0 Å². The monoisotopic (exact) mass is 456 g/mol. The van der Waals surface area contributed by atoms with E-state index in [1.54, 1.807) is 18.2 Å². The Labute approximate surface area is 173 Å². The van der Waals surface area contributed by atoms with Crippen LogP contribution in [0, 0.1) is 0 Å². The number of halogens is 2. The highest BCUT2D eigenvalue weighted by Gasteiger charge is 2.17. The molecular formula is C18H14Cl2N2O4S2. The lowest BCUT2D eigenvalue weighted by molar-refractivity contribution is 0.600. The van der Waals surface area contributed by atoms with Crippen LogP contribution in [0.25, 0.3) is 0 Å². The molecule has 0 aliphatic rings. The zero-order chi connectivity index (χ0) is 20.4. The van der Waals surface area contributed by atoms with Gasteiger partial charge in [-0.1, -0.05) is 29.3 Å². The molecule has 0 saturated heterocycles. The van der Waals surface area contributed by atoms with Crippen molar-refractivity contribution < 1.29 is 16.8 Å². The predicted octanol–water partition coefficient (Wildman–Crippen LogP) is 4.60. The van der Waals surface area contributed by atoms with E-state index < -0.39 is 20.0 Å². The fraction of sp³-hybridized carbons (Fsp3) is 0. The van der Waals surface area contributed by atoms with Gasteiger partial charge in [-0.15, -0.1) is 0 Å². The summed E-state index contributed by atoms with van der Waals surface area (Å²) in [5, 5.41) is 0.813. The van der Waals surface area contributed by atoms with Gasteiger partial charge in [0.05, 0.1) is 15.5 Å². The highest BCUT2D eigenvalue weighted by Crippen LogP contribution is 2.22. The molecule has 0 spiro atoms. The minimum Gasteiger partial charge on any atom is -0.280 e. The Morgan fingerprint density at radius 1 is 0.571 bits per heavy atom. The Balaban J connectivity index is 1.78. The van der Waals surface area contributed by atoms with Crippen LogP contribution in [0.15, 0.2) is 82.6 Å². The predicted molar refractivity (Wildman–Crippen MR) is 111 cm³/mol. The maximum Gasteiger partial charge on any atom is 0.261 e. The van der Waals surface area contributed by atoms with E-state index in [1.165, 1.54) is 54.6 Å². The largest absolute Gasteiger partial charge is 0.280 e. The lowest BCUT2D eigenvalue weighted by atomic mass is 10.3. The van der Waals surface area contributed by atoms with Gasteiger partial charge in [0, 0.05) is 15.7 Å². The van der Waals surface area contributed by atoms with Gasteiger partial charge in [0.15, 0.2) is 0 Å². The quantitative estimate of drug-likeness (QED) is 0.566. The first-order chi connectivity index (χ1) is 13.2. The molecule has 0 heterocycles.